The number of pyridine rings is 1. The molecule has 2 aromatic carbocycles. The Labute approximate surface area is 226 Å². The first-order chi connectivity index (χ1) is 18.5. The van der Waals surface area contributed by atoms with Gasteiger partial charge in [0.2, 0.25) is 5.13 Å². The molecule has 0 aliphatic heterocycles. The van der Waals surface area contributed by atoms with E-state index in [0.717, 1.165) is 23.5 Å². The summed E-state index contributed by atoms with van der Waals surface area (Å²) in [4.78, 5) is 20.3. The van der Waals surface area contributed by atoms with Crippen molar-refractivity contribution in [2.75, 3.05) is 5.73 Å². The highest BCUT2D eigenvalue weighted by molar-refractivity contribution is 7.12. The highest BCUT2D eigenvalue weighted by Gasteiger charge is 2.43. The minimum absolute atomic E-state index is 0.00951. The number of hydrogen-bond acceptors (Lipinski definition) is 7. The van der Waals surface area contributed by atoms with Gasteiger partial charge in [-0.15, -0.1) is 11.3 Å². The third-order valence-electron chi connectivity index (χ3n) is 5.45. The van der Waals surface area contributed by atoms with Crippen LogP contribution >= 0.6 is 22.9 Å². The van der Waals surface area contributed by atoms with Crippen molar-refractivity contribution in [1.82, 2.24) is 19.7 Å². The van der Waals surface area contributed by atoms with Crippen molar-refractivity contribution in [3.05, 3.63) is 88.3 Å². The molecule has 1 amide bonds. The van der Waals surface area contributed by atoms with Crippen molar-refractivity contribution in [3.63, 3.8) is 0 Å². The summed E-state index contributed by atoms with van der Waals surface area (Å²) in [6.07, 6.45) is -3.75. The average Bonchev–Trinajstić information content (AvgIpc) is 3.54. The van der Waals surface area contributed by atoms with Gasteiger partial charge < -0.3 is 16.2 Å². The van der Waals surface area contributed by atoms with Gasteiger partial charge >= 0.3 is 6.18 Å². The van der Waals surface area contributed by atoms with Gasteiger partial charge in [-0.3, -0.25) is 4.79 Å². The molecule has 4 N–H and O–H groups in total. The van der Waals surface area contributed by atoms with Crippen LogP contribution in [0.5, 0.6) is 11.5 Å². The average molecular weight is 575 g/mol. The Balaban J connectivity index is 1.61. The summed E-state index contributed by atoms with van der Waals surface area (Å²) in [5.74, 6) is -2.72. The first kappa shape index (κ1) is 26.1. The molecule has 0 aliphatic carbocycles. The number of rotatable bonds is 6. The Kier molecular flexibility index (Phi) is 6.70. The number of amides is 1. The SMILES string of the molecule is NC(=O)c1c(-c2ccc(Oc3ccnc(N)c3Cl)c(F)c2)nn(-c2nc(-c3ccccc3)cs2)c1C(F)(F)F. The summed E-state index contributed by atoms with van der Waals surface area (Å²) < 4.78 is 63.8. The molecule has 0 saturated heterocycles. The molecule has 0 unspecified atom stereocenters. The summed E-state index contributed by atoms with van der Waals surface area (Å²) in [5, 5.41) is 5.35. The van der Waals surface area contributed by atoms with E-state index in [2.05, 4.69) is 15.1 Å². The molecular weight excluding hydrogens is 560 g/mol. The quantitative estimate of drug-likeness (QED) is 0.228. The number of ether oxygens (including phenoxy) is 1. The molecule has 0 spiro atoms. The van der Waals surface area contributed by atoms with E-state index in [0.29, 0.717) is 15.9 Å². The van der Waals surface area contributed by atoms with Crippen molar-refractivity contribution < 1.29 is 27.1 Å². The lowest BCUT2D eigenvalue weighted by molar-refractivity contribution is -0.143. The van der Waals surface area contributed by atoms with E-state index in [4.69, 9.17) is 27.8 Å². The fraction of sp³-hybridized carbons (Fsp3) is 0.0400. The van der Waals surface area contributed by atoms with Crippen LogP contribution in [0.3, 0.4) is 0 Å². The zero-order valence-corrected chi connectivity index (χ0v) is 21.0. The second-order valence-corrected chi connectivity index (χ2v) is 9.20. The van der Waals surface area contributed by atoms with E-state index in [1.165, 1.54) is 18.3 Å². The van der Waals surface area contributed by atoms with Crippen molar-refractivity contribution in [2.45, 2.75) is 6.18 Å². The maximum absolute atomic E-state index is 15.0. The second kappa shape index (κ2) is 10.0. The second-order valence-electron chi connectivity index (χ2n) is 7.98. The summed E-state index contributed by atoms with van der Waals surface area (Å²) in [6.45, 7) is 0. The van der Waals surface area contributed by atoms with E-state index < -0.39 is 34.9 Å². The Morgan fingerprint density at radius 3 is 2.46 bits per heavy atom. The topological polar surface area (TPSA) is 122 Å². The number of primary amides is 1. The molecule has 0 aliphatic rings. The Hall–Kier alpha value is -4.49. The van der Waals surface area contributed by atoms with Crippen molar-refractivity contribution in [1.29, 1.82) is 0 Å². The summed E-state index contributed by atoms with van der Waals surface area (Å²) >= 11 is 6.91. The van der Waals surface area contributed by atoms with Gasteiger partial charge in [0.05, 0.1) is 11.3 Å². The molecule has 0 radical (unpaired) electrons. The summed E-state index contributed by atoms with van der Waals surface area (Å²) in [6, 6.07) is 13.4. The molecule has 198 valence electrons. The third-order valence-corrected chi connectivity index (χ3v) is 6.65. The van der Waals surface area contributed by atoms with Crippen LogP contribution in [0.15, 0.2) is 66.2 Å². The number of halogens is 5. The molecule has 5 aromatic rings. The van der Waals surface area contributed by atoms with Crippen molar-refractivity contribution in [2.24, 2.45) is 5.73 Å². The fourth-order valence-corrected chi connectivity index (χ4v) is 4.67. The van der Waals surface area contributed by atoms with Crippen LogP contribution in [-0.4, -0.2) is 25.7 Å². The van der Waals surface area contributed by atoms with Gasteiger partial charge in [-0.1, -0.05) is 41.9 Å². The van der Waals surface area contributed by atoms with Gasteiger partial charge in [-0.2, -0.15) is 23.0 Å². The number of nitrogens with two attached hydrogens (primary N) is 2. The minimum atomic E-state index is -5.05. The number of aromatic nitrogens is 4. The molecule has 14 heteroatoms. The molecule has 39 heavy (non-hydrogen) atoms. The van der Waals surface area contributed by atoms with Crippen LogP contribution in [0.2, 0.25) is 5.02 Å². The van der Waals surface area contributed by atoms with E-state index >= 15 is 4.39 Å². The van der Waals surface area contributed by atoms with E-state index in [-0.39, 0.29) is 33.0 Å². The van der Waals surface area contributed by atoms with E-state index in [1.807, 2.05) is 0 Å². The number of nitrogens with zero attached hydrogens (tertiary/aromatic N) is 4. The molecule has 5 rings (SSSR count). The number of alkyl halides is 3. The van der Waals surface area contributed by atoms with Gasteiger partial charge in [0.1, 0.15) is 16.5 Å². The Morgan fingerprint density at radius 2 is 1.79 bits per heavy atom. The van der Waals surface area contributed by atoms with Crippen LogP contribution in [-0.2, 0) is 6.18 Å². The molecule has 0 atom stereocenters. The molecule has 0 saturated carbocycles. The maximum atomic E-state index is 15.0. The fourth-order valence-electron chi connectivity index (χ4n) is 3.73. The lowest BCUT2D eigenvalue weighted by Gasteiger charge is -2.10. The lowest BCUT2D eigenvalue weighted by Crippen LogP contribution is -2.21. The summed E-state index contributed by atoms with van der Waals surface area (Å²) in [5.41, 5.74) is 9.08. The predicted octanol–water partition coefficient (Wildman–Crippen LogP) is 6.34. The van der Waals surface area contributed by atoms with E-state index in [1.54, 1.807) is 35.7 Å². The highest BCUT2D eigenvalue weighted by atomic mass is 35.5. The number of nitrogen functional groups attached to an aromatic ring is 1. The lowest BCUT2D eigenvalue weighted by atomic mass is 10.0. The normalized spacial score (nSPS) is 11.5. The smallest absolute Gasteiger partial charge is 0.434 e. The van der Waals surface area contributed by atoms with Crippen molar-refractivity contribution >= 4 is 34.7 Å². The largest absolute Gasteiger partial charge is 0.453 e. The number of benzene rings is 2. The molecular formula is C25H15ClF4N6O2S. The van der Waals surface area contributed by atoms with Gasteiger partial charge in [-0.25, -0.2) is 14.4 Å². The van der Waals surface area contributed by atoms with Crippen LogP contribution in [0, 0.1) is 5.82 Å². The standard InChI is InChI=1S/C25H15ClF4N6O2S/c26-19-17(8-9-33-22(19)31)38-16-7-6-13(10-14(16)27)20-18(23(32)37)21(25(28,29)30)36(35-20)24-34-15(11-39-24)12-4-2-1-3-5-12/h1-11H,(H2,31,33)(H2,32,37). The Bertz CT molecular complexity index is 1700. The van der Waals surface area contributed by atoms with Gasteiger partial charge in [0.15, 0.2) is 23.0 Å². The Morgan fingerprint density at radius 1 is 1.05 bits per heavy atom. The van der Waals surface area contributed by atoms with Gasteiger partial charge in [0, 0.05) is 28.8 Å². The zero-order valence-electron chi connectivity index (χ0n) is 19.4. The molecule has 8 nitrogen and oxygen atoms in total. The molecule has 0 fully saturated rings. The first-order valence-corrected chi connectivity index (χ1v) is 12.2. The number of anilines is 1. The van der Waals surface area contributed by atoms with Gasteiger partial charge in [-0.05, 0) is 18.2 Å². The highest BCUT2D eigenvalue weighted by Crippen LogP contribution is 2.40. The van der Waals surface area contributed by atoms with Crippen LogP contribution in [0.1, 0.15) is 16.1 Å². The number of carbonyl (C=O) groups is 1. The zero-order chi connectivity index (χ0) is 27.9. The number of hydrogen-bond donors (Lipinski definition) is 2. The monoisotopic (exact) mass is 574 g/mol. The van der Waals surface area contributed by atoms with Crippen molar-refractivity contribution in [3.8, 4) is 39.1 Å². The summed E-state index contributed by atoms with van der Waals surface area (Å²) in [7, 11) is 0. The van der Waals surface area contributed by atoms with Crippen LogP contribution < -0.4 is 16.2 Å². The molecule has 3 heterocycles. The van der Waals surface area contributed by atoms with Crippen LogP contribution in [0.4, 0.5) is 23.4 Å². The van der Waals surface area contributed by atoms with Crippen LogP contribution in [0.25, 0.3) is 27.6 Å². The number of thiazole rings is 1. The first-order valence-electron chi connectivity index (χ1n) is 10.9. The molecule has 0 bridgehead atoms. The minimum Gasteiger partial charge on any atom is -0.453 e. The number of carbonyl (C=O) groups excluding carboxylic acids is 1. The predicted molar refractivity (Wildman–Crippen MR) is 137 cm³/mol. The molecule has 3 aromatic heterocycles. The van der Waals surface area contributed by atoms with Gasteiger partial charge in [0.25, 0.3) is 5.91 Å². The maximum Gasteiger partial charge on any atom is 0.434 e. The third kappa shape index (κ3) is 5.01. The van der Waals surface area contributed by atoms with E-state index in [9.17, 15) is 18.0 Å².